The van der Waals surface area contributed by atoms with Crippen molar-refractivity contribution in [3.63, 3.8) is 0 Å². The van der Waals surface area contributed by atoms with Crippen LogP contribution in [0.5, 0.6) is 0 Å². The zero-order valence-electron chi connectivity index (χ0n) is 12.0. The zero-order valence-corrected chi connectivity index (χ0v) is 12.0. The highest BCUT2D eigenvalue weighted by Gasteiger charge is 2.44. The minimum atomic E-state index is -0.622. The van der Waals surface area contributed by atoms with E-state index in [-0.39, 0.29) is 5.91 Å². The fraction of sp³-hybridized carbons (Fsp3) is 0.562. The lowest BCUT2D eigenvalue weighted by Crippen LogP contribution is -2.47. The van der Waals surface area contributed by atoms with E-state index in [4.69, 9.17) is 10.5 Å². The molecule has 0 radical (unpaired) electrons. The van der Waals surface area contributed by atoms with Crippen molar-refractivity contribution in [1.29, 1.82) is 0 Å². The molecule has 1 saturated heterocycles. The van der Waals surface area contributed by atoms with Gasteiger partial charge in [0.25, 0.3) is 5.91 Å². The van der Waals surface area contributed by atoms with Crippen LogP contribution in [-0.4, -0.2) is 29.1 Å². The molecular weight excluding hydrogens is 252 g/mol. The number of nitrogens with zero attached hydrogens (tertiary/aromatic N) is 1. The van der Waals surface area contributed by atoms with Gasteiger partial charge >= 0.3 is 0 Å². The van der Waals surface area contributed by atoms with Gasteiger partial charge in [-0.25, -0.2) is 0 Å². The van der Waals surface area contributed by atoms with Crippen LogP contribution in [0.25, 0.3) is 0 Å². The topological polar surface area (TPSA) is 55.6 Å². The molecule has 4 heteroatoms. The fourth-order valence-electron chi connectivity index (χ4n) is 2.89. The summed E-state index contributed by atoms with van der Waals surface area (Å²) in [6.07, 6.45) is 4.00. The number of benzene rings is 1. The number of rotatable bonds is 4. The van der Waals surface area contributed by atoms with Gasteiger partial charge in [-0.1, -0.05) is 12.1 Å². The Kier molecular flexibility index (Phi) is 3.42. The summed E-state index contributed by atoms with van der Waals surface area (Å²) in [7, 11) is 0. The number of carbonyl (C=O) groups is 1. The molecule has 0 bridgehead atoms. The molecule has 0 spiro atoms. The molecule has 0 aromatic heterocycles. The van der Waals surface area contributed by atoms with Crippen LogP contribution in [0.4, 0.5) is 5.69 Å². The number of hydrogen-bond acceptors (Lipinski definition) is 3. The van der Waals surface area contributed by atoms with Crippen molar-refractivity contribution in [3.05, 3.63) is 29.8 Å². The van der Waals surface area contributed by atoms with Crippen LogP contribution in [0.2, 0.25) is 0 Å². The molecule has 1 heterocycles. The summed E-state index contributed by atoms with van der Waals surface area (Å²) < 4.78 is 5.71. The van der Waals surface area contributed by atoms with Gasteiger partial charge < -0.3 is 15.4 Å². The van der Waals surface area contributed by atoms with Crippen LogP contribution in [0.3, 0.4) is 0 Å². The third-order valence-electron chi connectivity index (χ3n) is 4.22. The summed E-state index contributed by atoms with van der Waals surface area (Å²) >= 11 is 0. The molecule has 1 aromatic rings. The number of anilines is 1. The Labute approximate surface area is 119 Å². The van der Waals surface area contributed by atoms with Gasteiger partial charge in [0.1, 0.15) is 5.60 Å². The first kappa shape index (κ1) is 13.4. The van der Waals surface area contributed by atoms with Crippen molar-refractivity contribution >= 4 is 11.6 Å². The number of ether oxygens (including phenoxy) is 1. The highest BCUT2D eigenvalue weighted by molar-refractivity contribution is 5.85. The lowest BCUT2D eigenvalue weighted by Gasteiger charge is -2.31. The standard InChI is InChI=1S/C16H22N2O2/c1-16(8-3-9-20-16)15(19)18(14-6-7-14)11-12-4-2-5-13(17)10-12/h2,4-5,10,14H,3,6-9,11,17H2,1H3. The Morgan fingerprint density at radius 3 is 2.90 bits per heavy atom. The summed E-state index contributed by atoms with van der Waals surface area (Å²) in [5.74, 6) is 0.139. The van der Waals surface area contributed by atoms with E-state index in [0.29, 0.717) is 19.2 Å². The van der Waals surface area contributed by atoms with Crippen LogP contribution in [0.1, 0.15) is 38.2 Å². The fourth-order valence-corrected chi connectivity index (χ4v) is 2.89. The number of amides is 1. The summed E-state index contributed by atoms with van der Waals surface area (Å²) in [6.45, 7) is 3.25. The van der Waals surface area contributed by atoms with E-state index in [1.54, 1.807) is 0 Å². The quantitative estimate of drug-likeness (QED) is 0.857. The van der Waals surface area contributed by atoms with Gasteiger partial charge in [-0.3, -0.25) is 4.79 Å². The maximum absolute atomic E-state index is 12.8. The van der Waals surface area contributed by atoms with E-state index in [1.807, 2.05) is 36.1 Å². The van der Waals surface area contributed by atoms with E-state index in [9.17, 15) is 4.79 Å². The molecule has 4 nitrogen and oxygen atoms in total. The second-order valence-corrected chi connectivity index (χ2v) is 6.09. The molecule has 1 saturated carbocycles. The van der Waals surface area contributed by atoms with Crippen LogP contribution in [0.15, 0.2) is 24.3 Å². The summed E-state index contributed by atoms with van der Waals surface area (Å²) in [4.78, 5) is 14.8. The molecular formula is C16H22N2O2. The van der Waals surface area contributed by atoms with E-state index in [1.165, 1.54) is 0 Å². The molecule has 2 N–H and O–H groups in total. The lowest BCUT2D eigenvalue weighted by atomic mass is 10.0. The molecule has 1 aliphatic heterocycles. The molecule has 1 atom stereocenters. The van der Waals surface area contributed by atoms with Crippen LogP contribution < -0.4 is 5.73 Å². The van der Waals surface area contributed by atoms with E-state index in [2.05, 4.69) is 0 Å². The first-order valence-electron chi connectivity index (χ1n) is 7.38. The number of carbonyl (C=O) groups excluding carboxylic acids is 1. The first-order chi connectivity index (χ1) is 9.58. The average molecular weight is 274 g/mol. The van der Waals surface area contributed by atoms with Crippen molar-refractivity contribution in [1.82, 2.24) is 4.90 Å². The second kappa shape index (κ2) is 5.09. The lowest BCUT2D eigenvalue weighted by molar-refractivity contribution is -0.152. The largest absolute Gasteiger partial charge is 0.399 e. The normalized spacial score (nSPS) is 25.6. The van der Waals surface area contributed by atoms with E-state index < -0.39 is 5.60 Å². The minimum Gasteiger partial charge on any atom is -0.399 e. The van der Waals surface area contributed by atoms with Gasteiger partial charge in [-0.15, -0.1) is 0 Å². The van der Waals surface area contributed by atoms with Crippen molar-refractivity contribution in [2.75, 3.05) is 12.3 Å². The summed E-state index contributed by atoms with van der Waals surface area (Å²) in [5, 5.41) is 0. The van der Waals surface area contributed by atoms with Crippen molar-refractivity contribution in [2.24, 2.45) is 0 Å². The Morgan fingerprint density at radius 1 is 1.50 bits per heavy atom. The molecule has 2 fully saturated rings. The number of hydrogen-bond donors (Lipinski definition) is 1. The van der Waals surface area contributed by atoms with Gasteiger partial charge in [0.05, 0.1) is 0 Å². The Morgan fingerprint density at radius 2 is 2.30 bits per heavy atom. The van der Waals surface area contributed by atoms with Gasteiger partial charge in [0.15, 0.2) is 0 Å². The zero-order chi connectivity index (χ0) is 14.2. The summed E-state index contributed by atoms with van der Waals surface area (Å²) in [5.41, 5.74) is 7.03. The monoisotopic (exact) mass is 274 g/mol. The molecule has 1 aromatic carbocycles. The second-order valence-electron chi connectivity index (χ2n) is 6.09. The first-order valence-corrected chi connectivity index (χ1v) is 7.38. The Bertz CT molecular complexity index is 505. The average Bonchev–Trinajstić information content (AvgIpc) is 3.17. The molecule has 3 rings (SSSR count). The number of nitrogen functional groups attached to an aromatic ring is 1. The Hall–Kier alpha value is -1.55. The molecule has 1 amide bonds. The third-order valence-corrected chi connectivity index (χ3v) is 4.22. The van der Waals surface area contributed by atoms with Crippen LogP contribution in [0, 0.1) is 0 Å². The molecule has 2 aliphatic rings. The maximum atomic E-state index is 12.8. The highest BCUT2D eigenvalue weighted by Crippen LogP contribution is 2.34. The van der Waals surface area contributed by atoms with Crippen LogP contribution >= 0.6 is 0 Å². The number of nitrogens with two attached hydrogens (primary N) is 1. The third kappa shape index (κ3) is 2.66. The maximum Gasteiger partial charge on any atom is 0.255 e. The molecule has 1 aliphatic carbocycles. The van der Waals surface area contributed by atoms with Crippen molar-refractivity contribution < 1.29 is 9.53 Å². The van der Waals surface area contributed by atoms with Gasteiger partial charge in [0, 0.05) is 24.9 Å². The van der Waals surface area contributed by atoms with Crippen LogP contribution in [-0.2, 0) is 16.1 Å². The Balaban J connectivity index is 1.77. The SMILES string of the molecule is CC1(C(=O)N(Cc2cccc(N)c2)C2CC2)CCCO1. The predicted octanol–water partition coefficient (Wildman–Crippen LogP) is 2.33. The van der Waals surface area contributed by atoms with Crippen molar-refractivity contribution in [3.8, 4) is 0 Å². The van der Waals surface area contributed by atoms with Gasteiger partial charge in [-0.05, 0) is 50.3 Å². The van der Waals surface area contributed by atoms with E-state index in [0.717, 1.165) is 36.9 Å². The minimum absolute atomic E-state index is 0.139. The van der Waals surface area contributed by atoms with Gasteiger partial charge in [0.2, 0.25) is 0 Å². The smallest absolute Gasteiger partial charge is 0.255 e. The molecule has 108 valence electrons. The molecule has 20 heavy (non-hydrogen) atoms. The van der Waals surface area contributed by atoms with E-state index >= 15 is 0 Å². The van der Waals surface area contributed by atoms with Gasteiger partial charge in [-0.2, -0.15) is 0 Å². The predicted molar refractivity (Wildman–Crippen MR) is 78.0 cm³/mol. The molecule has 1 unspecified atom stereocenters. The highest BCUT2D eigenvalue weighted by atomic mass is 16.5. The summed E-state index contributed by atoms with van der Waals surface area (Å²) in [6, 6.07) is 8.16. The van der Waals surface area contributed by atoms with Crippen molar-refractivity contribution in [2.45, 2.75) is 50.8 Å².